The number of ketones is 1. The Morgan fingerprint density at radius 3 is 2.56 bits per heavy atom. The third kappa shape index (κ3) is 2.14. The molecule has 1 heteroatoms. The standard InChI is InChI=1S/C15H22O/c1-15(2,13-10-6-7-11-13)14(16)12-8-4-3-5-9-12/h3-4,8,13H,5-7,9-11H2,1-2H3. The van der Waals surface area contributed by atoms with Crippen LogP contribution in [0.4, 0.5) is 0 Å². The van der Waals surface area contributed by atoms with Gasteiger partial charge in [-0.05, 0) is 37.2 Å². The van der Waals surface area contributed by atoms with E-state index in [-0.39, 0.29) is 5.41 Å². The monoisotopic (exact) mass is 218 g/mol. The number of hydrogen-bond donors (Lipinski definition) is 0. The Labute approximate surface area is 98.6 Å². The molecule has 0 radical (unpaired) electrons. The van der Waals surface area contributed by atoms with Gasteiger partial charge in [0, 0.05) is 5.41 Å². The molecule has 0 N–H and O–H groups in total. The summed E-state index contributed by atoms with van der Waals surface area (Å²) >= 11 is 0. The molecule has 0 bridgehead atoms. The van der Waals surface area contributed by atoms with Crippen LogP contribution in [-0.2, 0) is 4.79 Å². The van der Waals surface area contributed by atoms with Crippen LogP contribution in [0.1, 0.15) is 52.4 Å². The lowest BCUT2D eigenvalue weighted by atomic mass is 9.71. The normalized spacial score (nSPS) is 22.2. The number of rotatable bonds is 3. The molecule has 1 nitrogen and oxygen atoms in total. The Morgan fingerprint density at radius 2 is 2.00 bits per heavy atom. The minimum Gasteiger partial charge on any atom is -0.294 e. The van der Waals surface area contributed by atoms with Crippen LogP contribution in [0.25, 0.3) is 0 Å². The lowest BCUT2D eigenvalue weighted by molar-refractivity contribution is -0.126. The molecule has 0 aromatic rings. The van der Waals surface area contributed by atoms with Gasteiger partial charge in [0.15, 0.2) is 5.78 Å². The Hall–Kier alpha value is -0.850. The fraction of sp³-hybridized carbons (Fsp3) is 0.667. The third-order valence-electron chi connectivity index (χ3n) is 4.27. The summed E-state index contributed by atoms with van der Waals surface area (Å²) < 4.78 is 0. The Kier molecular flexibility index (Phi) is 3.32. The van der Waals surface area contributed by atoms with Gasteiger partial charge in [-0.1, -0.05) is 44.9 Å². The highest BCUT2D eigenvalue weighted by atomic mass is 16.1. The van der Waals surface area contributed by atoms with Crippen LogP contribution in [0.5, 0.6) is 0 Å². The smallest absolute Gasteiger partial charge is 0.164 e. The van der Waals surface area contributed by atoms with Crippen molar-refractivity contribution in [1.29, 1.82) is 0 Å². The van der Waals surface area contributed by atoms with E-state index in [4.69, 9.17) is 0 Å². The number of hydrogen-bond acceptors (Lipinski definition) is 1. The Balaban J connectivity index is 2.12. The molecule has 2 aliphatic carbocycles. The molecule has 0 aromatic carbocycles. The van der Waals surface area contributed by atoms with Crippen molar-refractivity contribution in [2.75, 3.05) is 0 Å². The molecule has 0 aliphatic heterocycles. The van der Waals surface area contributed by atoms with Crippen LogP contribution >= 0.6 is 0 Å². The molecule has 1 saturated carbocycles. The van der Waals surface area contributed by atoms with E-state index < -0.39 is 0 Å². The zero-order valence-corrected chi connectivity index (χ0v) is 10.5. The fourth-order valence-electron chi connectivity index (χ4n) is 3.04. The van der Waals surface area contributed by atoms with E-state index in [2.05, 4.69) is 19.9 Å². The third-order valence-corrected chi connectivity index (χ3v) is 4.27. The first-order valence-corrected chi connectivity index (χ1v) is 6.53. The Bertz CT molecular complexity index is 327. The summed E-state index contributed by atoms with van der Waals surface area (Å²) in [5, 5.41) is 0. The first-order chi connectivity index (χ1) is 7.62. The first kappa shape index (κ1) is 11.6. The molecule has 0 spiro atoms. The molecule has 2 aliphatic rings. The lowest BCUT2D eigenvalue weighted by Crippen LogP contribution is -2.33. The van der Waals surface area contributed by atoms with Gasteiger partial charge in [-0.15, -0.1) is 0 Å². The SMILES string of the molecule is CC(C)(C(=O)C1=CC=CCC1)C1CCCC1. The quantitative estimate of drug-likeness (QED) is 0.698. The van der Waals surface area contributed by atoms with E-state index in [1.54, 1.807) is 0 Å². The van der Waals surface area contributed by atoms with Gasteiger partial charge < -0.3 is 0 Å². The van der Waals surface area contributed by atoms with Gasteiger partial charge in [0.25, 0.3) is 0 Å². The van der Waals surface area contributed by atoms with Gasteiger partial charge in [-0.25, -0.2) is 0 Å². The molecule has 16 heavy (non-hydrogen) atoms. The summed E-state index contributed by atoms with van der Waals surface area (Å²) in [6.07, 6.45) is 13.2. The van der Waals surface area contributed by atoms with Crippen molar-refractivity contribution in [3.8, 4) is 0 Å². The predicted molar refractivity (Wildman–Crippen MR) is 67.2 cm³/mol. The maximum absolute atomic E-state index is 12.5. The second kappa shape index (κ2) is 4.57. The highest BCUT2D eigenvalue weighted by Crippen LogP contribution is 2.42. The van der Waals surface area contributed by atoms with E-state index in [1.807, 2.05) is 12.2 Å². The zero-order valence-electron chi connectivity index (χ0n) is 10.5. The fourth-order valence-corrected chi connectivity index (χ4v) is 3.04. The Morgan fingerprint density at radius 1 is 1.31 bits per heavy atom. The maximum Gasteiger partial charge on any atom is 0.164 e. The zero-order chi connectivity index (χ0) is 11.6. The maximum atomic E-state index is 12.5. The van der Waals surface area contributed by atoms with Crippen molar-refractivity contribution in [2.24, 2.45) is 11.3 Å². The first-order valence-electron chi connectivity index (χ1n) is 6.53. The van der Waals surface area contributed by atoms with Crippen molar-refractivity contribution in [1.82, 2.24) is 0 Å². The summed E-state index contributed by atoms with van der Waals surface area (Å²) in [6.45, 7) is 4.29. The topological polar surface area (TPSA) is 17.1 Å². The minimum atomic E-state index is -0.145. The molecular formula is C15H22O. The van der Waals surface area contributed by atoms with E-state index in [1.165, 1.54) is 25.7 Å². The summed E-state index contributed by atoms with van der Waals surface area (Å²) in [7, 11) is 0. The van der Waals surface area contributed by atoms with Crippen LogP contribution in [0, 0.1) is 11.3 Å². The summed E-state index contributed by atoms with van der Waals surface area (Å²) in [4.78, 5) is 12.5. The number of Topliss-reactive ketones (excluding diaryl/α,β-unsaturated/α-hetero) is 1. The van der Waals surface area contributed by atoms with Crippen molar-refractivity contribution in [3.05, 3.63) is 23.8 Å². The molecular weight excluding hydrogens is 196 g/mol. The van der Waals surface area contributed by atoms with Crippen molar-refractivity contribution >= 4 is 5.78 Å². The lowest BCUT2D eigenvalue weighted by Gasteiger charge is -2.31. The van der Waals surface area contributed by atoms with Gasteiger partial charge in [-0.3, -0.25) is 4.79 Å². The highest BCUT2D eigenvalue weighted by molar-refractivity contribution is 6.00. The minimum absolute atomic E-state index is 0.145. The van der Waals surface area contributed by atoms with E-state index in [9.17, 15) is 4.79 Å². The summed E-state index contributed by atoms with van der Waals surface area (Å²) in [5.41, 5.74) is 0.896. The average molecular weight is 218 g/mol. The largest absolute Gasteiger partial charge is 0.294 e. The molecule has 0 saturated heterocycles. The average Bonchev–Trinajstić information content (AvgIpc) is 2.83. The van der Waals surface area contributed by atoms with Crippen LogP contribution < -0.4 is 0 Å². The molecule has 0 aromatic heterocycles. The van der Waals surface area contributed by atoms with Gasteiger partial charge >= 0.3 is 0 Å². The van der Waals surface area contributed by atoms with Crippen LogP contribution in [0.3, 0.4) is 0 Å². The van der Waals surface area contributed by atoms with Crippen molar-refractivity contribution < 1.29 is 4.79 Å². The van der Waals surface area contributed by atoms with Gasteiger partial charge in [0.1, 0.15) is 0 Å². The summed E-state index contributed by atoms with van der Waals surface area (Å²) in [6, 6.07) is 0. The van der Waals surface area contributed by atoms with E-state index in [0.717, 1.165) is 18.4 Å². The van der Waals surface area contributed by atoms with E-state index in [0.29, 0.717) is 11.7 Å². The molecule has 88 valence electrons. The number of carbonyl (C=O) groups is 1. The number of carbonyl (C=O) groups excluding carboxylic acids is 1. The van der Waals surface area contributed by atoms with E-state index >= 15 is 0 Å². The van der Waals surface area contributed by atoms with Gasteiger partial charge in [0.05, 0.1) is 0 Å². The van der Waals surface area contributed by atoms with Gasteiger partial charge in [-0.2, -0.15) is 0 Å². The van der Waals surface area contributed by atoms with Crippen LogP contribution in [-0.4, -0.2) is 5.78 Å². The molecule has 1 fully saturated rings. The highest BCUT2D eigenvalue weighted by Gasteiger charge is 2.38. The molecule has 0 heterocycles. The molecule has 2 rings (SSSR count). The predicted octanol–water partition coefficient (Wildman–Crippen LogP) is 4.05. The second-order valence-corrected chi connectivity index (χ2v) is 5.69. The summed E-state index contributed by atoms with van der Waals surface area (Å²) in [5.74, 6) is 0.996. The van der Waals surface area contributed by atoms with Crippen LogP contribution in [0.2, 0.25) is 0 Å². The molecule has 0 unspecified atom stereocenters. The van der Waals surface area contributed by atoms with Crippen molar-refractivity contribution in [2.45, 2.75) is 52.4 Å². The number of allylic oxidation sites excluding steroid dienone is 4. The van der Waals surface area contributed by atoms with Crippen molar-refractivity contribution in [3.63, 3.8) is 0 Å². The molecule has 0 atom stereocenters. The second-order valence-electron chi connectivity index (χ2n) is 5.69. The molecule has 0 amide bonds. The van der Waals surface area contributed by atoms with Gasteiger partial charge in [0.2, 0.25) is 0 Å². The van der Waals surface area contributed by atoms with Crippen LogP contribution in [0.15, 0.2) is 23.8 Å².